The van der Waals surface area contributed by atoms with Crippen molar-refractivity contribution in [2.75, 3.05) is 0 Å². The number of rotatable bonds is 4. The average molecular weight is 337 g/mol. The molecule has 1 atom stereocenters. The Morgan fingerprint density at radius 2 is 2.05 bits per heavy atom. The first-order valence-corrected chi connectivity index (χ1v) is 7.37. The van der Waals surface area contributed by atoms with Gasteiger partial charge in [0.15, 0.2) is 0 Å². The highest BCUT2D eigenvalue weighted by Gasteiger charge is 2.38. The smallest absolute Gasteiger partial charge is 0.335 e. The summed E-state index contributed by atoms with van der Waals surface area (Å²) in [5.74, 6) is -2.71. The highest BCUT2D eigenvalue weighted by atomic mass is 32.2. The lowest BCUT2D eigenvalue weighted by Crippen LogP contribution is -2.41. The summed E-state index contributed by atoms with van der Waals surface area (Å²) in [7, 11) is 0. The van der Waals surface area contributed by atoms with Crippen LogP contribution >= 0.6 is 24.0 Å². The van der Waals surface area contributed by atoms with Crippen LogP contribution in [0.25, 0.3) is 6.08 Å². The van der Waals surface area contributed by atoms with E-state index in [1.165, 1.54) is 25.1 Å². The molecule has 2 rings (SSSR count). The minimum Gasteiger partial charge on any atom is -0.480 e. The first-order chi connectivity index (χ1) is 10.3. The summed E-state index contributed by atoms with van der Waals surface area (Å²) in [4.78, 5) is 35.5. The summed E-state index contributed by atoms with van der Waals surface area (Å²) >= 11 is 6.04. The molecule has 1 aromatic carbocycles. The normalized spacial score (nSPS) is 17.9. The van der Waals surface area contributed by atoms with Gasteiger partial charge in [-0.05, 0) is 30.7 Å². The van der Waals surface area contributed by atoms with Crippen LogP contribution in [-0.2, 0) is 9.59 Å². The Morgan fingerprint density at radius 1 is 1.36 bits per heavy atom. The number of carboxylic acids is 2. The fourth-order valence-electron chi connectivity index (χ4n) is 1.84. The van der Waals surface area contributed by atoms with Crippen LogP contribution in [-0.4, -0.2) is 43.3 Å². The highest BCUT2D eigenvalue weighted by molar-refractivity contribution is 8.26. The van der Waals surface area contributed by atoms with Gasteiger partial charge in [0.1, 0.15) is 10.4 Å². The molecule has 0 saturated carbocycles. The van der Waals surface area contributed by atoms with E-state index in [1.54, 1.807) is 12.1 Å². The molecule has 0 aliphatic carbocycles. The Morgan fingerprint density at radius 3 is 2.64 bits per heavy atom. The SMILES string of the molecule is C[C@H](C(=O)O)N1C(=O)/C(=C/c2cccc(C(=O)O)c2)SC1=S. The van der Waals surface area contributed by atoms with Crippen molar-refractivity contribution in [3.05, 3.63) is 40.3 Å². The van der Waals surface area contributed by atoms with E-state index in [9.17, 15) is 14.4 Å². The minimum atomic E-state index is -1.15. The molecular formula is C14H11NO5S2. The lowest BCUT2D eigenvalue weighted by molar-refractivity contribution is -0.144. The first kappa shape index (κ1) is 16.2. The van der Waals surface area contributed by atoms with Crippen LogP contribution in [0.2, 0.25) is 0 Å². The molecule has 1 fully saturated rings. The maximum absolute atomic E-state index is 12.3. The van der Waals surface area contributed by atoms with Crippen molar-refractivity contribution in [3.8, 4) is 0 Å². The molecule has 6 nitrogen and oxygen atoms in total. The van der Waals surface area contributed by atoms with Gasteiger partial charge in [-0.2, -0.15) is 0 Å². The Hall–Kier alpha value is -2.19. The number of aromatic carboxylic acids is 1. The number of nitrogens with zero attached hydrogens (tertiary/aromatic N) is 1. The number of carbonyl (C=O) groups excluding carboxylic acids is 1. The van der Waals surface area contributed by atoms with E-state index in [4.69, 9.17) is 22.4 Å². The van der Waals surface area contributed by atoms with Crippen molar-refractivity contribution >= 4 is 52.2 Å². The van der Waals surface area contributed by atoms with E-state index in [2.05, 4.69) is 0 Å². The van der Waals surface area contributed by atoms with Crippen LogP contribution in [0.3, 0.4) is 0 Å². The van der Waals surface area contributed by atoms with Gasteiger partial charge >= 0.3 is 11.9 Å². The standard InChI is InChI=1S/C14H11NO5S2/c1-7(12(17)18)15-11(16)10(22-14(15)21)6-8-3-2-4-9(5-8)13(19)20/h2-7H,1H3,(H,17,18)(H,19,20)/b10-6-/t7-/m1/s1. The van der Waals surface area contributed by atoms with E-state index in [0.717, 1.165) is 16.7 Å². The van der Waals surface area contributed by atoms with Crippen molar-refractivity contribution in [2.24, 2.45) is 0 Å². The fraction of sp³-hybridized carbons (Fsp3) is 0.143. The summed E-state index contributed by atoms with van der Waals surface area (Å²) in [5, 5.41) is 18.0. The van der Waals surface area contributed by atoms with Gasteiger partial charge in [-0.1, -0.05) is 36.1 Å². The number of hydrogen-bond donors (Lipinski definition) is 2. The third-order valence-electron chi connectivity index (χ3n) is 3.00. The molecule has 1 amide bonds. The van der Waals surface area contributed by atoms with E-state index < -0.39 is 23.9 Å². The lowest BCUT2D eigenvalue weighted by Gasteiger charge is -2.18. The number of hydrogen-bond acceptors (Lipinski definition) is 5. The molecule has 0 radical (unpaired) electrons. The van der Waals surface area contributed by atoms with Crippen molar-refractivity contribution in [1.82, 2.24) is 4.90 Å². The number of thioether (sulfide) groups is 1. The zero-order chi connectivity index (χ0) is 16.4. The van der Waals surface area contributed by atoms with E-state index >= 15 is 0 Å². The highest BCUT2D eigenvalue weighted by Crippen LogP contribution is 2.34. The van der Waals surface area contributed by atoms with Crippen LogP contribution < -0.4 is 0 Å². The van der Waals surface area contributed by atoms with Crippen molar-refractivity contribution in [3.63, 3.8) is 0 Å². The molecule has 0 bridgehead atoms. The minimum absolute atomic E-state index is 0.100. The maximum Gasteiger partial charge on any atom is 0.335 e. The van der Waals surface area contributed by atoms with Crippen molar-refractivity contribution in [2.45, 2.75) is 13.0 Å². The molecule has 2 N–H and O–H groups in total. The Bertz CT molecular complexity index is 713. The van der Waals surface area contributed by atoms with Gasteiger partial charge in [-0.15, -0.1) is 0 Å². The maximum atomic E-state index is 12.3. The lowest BCUT2D eigenvalue weighted by atomic mass is 10.1. The van der Waals surface area contributed by atoms with Crippen LogP contribution in [0.15, 0.2) is 29.2 Å². The molecule has 1 aromatic rings. The van der Waals surface area contributed by atoms with E-state index in [1.807, 2.05) is 0 Å². The molecular weight excluding hydrogens is 326 g/mol. The number of carboxylic acid groups (broad SMARTS) is 2. The van der Waals surface area contributed by atoms with Gasteiger partial charge in [0, 0.05) is 0 Å². The molecule has 114 valence electrons. The van der Waals surface area contributed by atoms with Gasteiger partial charge in [0.05, 0.1) is 10.5 Å². The monoisotopic (exact) mass is 337 g/mol. The quantitative estimate of drug-likeness (QED) is 0.641. The van der Waals surface area contributed by atoms with Gasteiger partial charge in [-0.3, -0.25) is 9.69 Å². The molecule has 0 unspecified atom stereocenters. The second-order valence-corrected chi connectivity index (χ2v) is 6.17. The largest absolute Gasteiger partial charge is 0.480 e. The van der Waals surface area contributed by atoms with Gasteiger partial charge < -0.3 is 10.2 Å². The molecule has 8 heteroatoms. The van der Waals surface area contributed by atoms with Gasteiger partial charge in [0.25, 0.3) is 5.91 Å². The summed E-state index contributed by atoms with van der Waals surface area (Å²) in [6.45, 7) is 1.38. The van der Waals surface area contributed by atoms with Crippen molar-refractivity contribution in [1.29, 1.82) is 0 Å². The second-order valence-electron chi connectivity index (χ2n) is 4.50. The zero-order valence-electron chi connectivity index (χ0n) is 11.3. The van der Waals surface area contributed by atoms with E-state index in [-0.39, 0.29) is 14.8 Å². The Balaban J connectivity index is 2.32. The zero-order valence-corrected chi connectivity index (χ0v) is 13.0. The molecule has 1 aliphatic heterocycles. The molecule has 0 spiro atoms. The predicted molar refractivity (Wildman–Crippen MR) is 85.5 cm³/mol. The number of aliphatic carboxylic acids is 1. The van der Waals surface area contributed by atoms with Crippen LogP contribution in [0, 0.1) is 0 Å². The third kappa shape index (κ3) is 3.18. The molecule has 1 saturated heterocycles. The Labute approximate surface area is 135 Å². The summed E-state index contributed by atoms with van der Waals surface area (Å²) in [6.07, 6.45) is 1.50. The van der Waals surface area contributed by atoms with E-state index in [0.29, 0.717) is 5.56 Å². The number of benzene rings is 1. The summed E-state index contributed by atoms with van der Waals surface area (Å²) in [5.41, 5.74) is 0.631. The van der Waals surface area contributed by atoms with Crippen LogP contribution in [0.1, 0.15) is 22.8 Å². The first-order valence-electron chi connectivity index (χ1n) is 6.14. The fourth-order valence-corrected chi connectivity index (χ4v) is 3.26. The Kier molecular flexibility index (Phi) is 4.62. The van der Waals surface area contributed by atoms with Crippen molar-refractivity contribution < 1.29 is 24.6 Å². The summed E-state index contributed by atoms with van der Waals surface area (Å²) < 4.78 is 0.167. The topological polar surface area (TPSA) is 94.9 Å². The molecule has 22 heavy (non-hydrogen) atoms. The molecule has 1 heterocycles. The van der Waals surface area contributed by atoms with Gasteiger partial charge in [-0.25, -0.2) is 9.59 Å². The number of carbonyl (C=O) groups is 3. The second kappa shape index (κ2) is 6.29. The van der Waals surface area contributed by atoms with Crippen LogP contribution in [0.4, 0.5) is 0 Å². The van der Waals surface area contributed by atoms with Gasteiger partial charge in [0.2, 0.25) is 0 Å². The van der Waals surface area contributed by atoms with Crippen LogP contribution in [0.5, 0.6) is 0 Å². The third-order valence-corrected chi connectivity index (χ3v) is 4.33. The number of amides is 1. The molecule has 0 aromatic heterocycles. The predicted octanol–water partition coefficient (Wildman–Crippen LogP) is 2.06. The summed E-state index contributed by atoms with van der Waals surface area (Å²) in [6, 6.07) is 5.03. The molecule has 1 aliphatic rings. The average Bonchev–Trinajstić information content (AvgIpc) is 2.73. The number of thiocarbonyl (C=S) groups is 1.